The van der Waals surface area contributed by atoms with Crippen LogP contribution >= 0.6 is 11.3 Å². The van der Waals surface area contributed by atoms with E-state index in [2.05, 4.69) is 15.4 Å². The van der Waals surface area contributed by atoms with Gasteiger partial charge in [-0.3, -0.25) is 9.48 Å². The van der Waals surface area contributed by atoms with E-state index in [0.717, 1.165) is 28.2 Å². The third kappa shape index (κ3) is 5.22. The second kappa shape index (κ2) is 9.96. The Kier molecular flexibility index (Phi) is 7.03. The van der Waals surface area contributed by atoms with Crippen LogP contribution in [0.3, 0.4) is 0 Å². The lowest BCUT2D eigenvalue weighted by Crippen LogP contribution is -2.19. The first-order valence-corrected chi connectivity index (χ1v) is 11.0. The molecule has 176 valence electrons. The molecule has 1 N–H and O–H groups in total. The number of alkyl halides is 3. The minimum atomic E-state index is -2.70. The highest BCUT2D eigenvalue weighted by Crippen LogP contribution is 2.34. The van der Waals surface area contributed by atoms with Gasteiger partial charge in [0.15, 0.2) is 0 Å². The summed E-state index contributed by atoms with van der Waals surface area (Å²) in [4.78, 5) is 16.8. The molecule has 2 unspecified atom stereocenters. The van der Waals surface area contributed by atoms with Crippen molar-refractivity contribution in [1.82, 2.24) is 14.8 Å². The Bertz CT molecular complexity index is 1120. The molecular weight excluding hydrogens is 467 g/mol. The van der Waals surface area contributed by atoms with Crippen LogP contribution in [0.4, 0.5) is 27.6 Å². The highest BCUT2D eigenvalue weighted by Gasteiger charge is 2.28. The molecule has 1 aliphatic rings. The zero-order chi connectivity index (χ0) is 23.5. The van der Waals surface area contributed by atoms with Crippen LogP contribution in [0.15, 0.2) is 29.8 Å². The Balaban J connectivity index is 1.59. The smallest absolute Gasteiger partial charge is 0.275 e. The highest BCUT2D eigenvalue weighted by molar-refractivity contribution is 7.13. The molecule has 3 aromatic rings. The van der Waals surface area contributed by atoms with Crippen molar-refractivity contribution in [2.45, 2.75) is 44.5 Å². The summed E-state index contributed by atoms with van der Waals surface area (Å²) >= 11 is 0.880. The fourth-order valence-electron chi connectivity index (χ4n) is 3.62. The maximum atomic E-state index is 14.0. The molecule has 33 heavy (non-hydrogen) atoms. The van der Waals surface area contributed by atoms with Gasteiger partial charge < -0.3 is 10.1 Å². The molecule has 2 atom stereocenters. The SMILES string of the molecule is O=C(Nc1cnn(CC(F)F)c1C1CCCC(F)CO1)c1csc(-c2c(F)cccc2F)n1. The van der Waals surface area contributed by atoms with Crippen LogP contribution in [0.5, 0.6) is 0 Å². The Morgan fingerprint density at radius 3 is 2.76 bits per heavy atom. The van der Waals surface area contributed by atoms with Gasteiger partial charge in [-0.2, -0.15) is 5.10 Å². The quantitative estimate of drug-likeness (QED) is 0.475. The number of aromatic nitrogens is 3. The largest absolute Gasteiger partial charge is 0.369 e. The normalized spacial score (nSPS) is 19.0. The van der Waals surface area contributed by atoms with E-state index in [0.29, 0.717) is 12.8 Å². The monoisotopic (exact) mass is 486 g/mol. The Hall–Kier alpha value is -2.86. The van der Waals surface area contributed by atoms with Gasteiger partial charge in [0.2, 0.25) is 0 Å². The predicted molar refractivity (Wildman–Crippen MR) is 111 cm³/mol. The number of carbonyl (C=O) groups excluding carboxylic acids is 1. The third-order valence-electron chi connectivity index (χ3n) is 5.12. The van der Waals surface area contributed by atoms with Crippen molar-refractivity contribution in [1.29, 1.82) is 0 Å². The topological polar surface area (TPSA) is 69.0 Å². The van der Waals surface area contributed by atoms with Crippen LogP contribution in [-0.4, -0.2) is 39.9 Å². The Labute approximate surface area is 189 Å². The van der Waals surface area contributed by atoms with Crippen LogP contribution in [0.25, 0.3) is 10.6 Å². The van der Waals surface area contributed by atoms with Crippen LogP contribution in [0, 0.1) is 11.6 Å². The first-order valence-electron chi connectivity index (χ1n) is 10.1. The minimum absolute atomic E-state index is 0.0227. The number of amides is 1. The molecule has 2 aromatic heterocycles. The average Bonchev–Trinajstić information content (AvgIpc) is 3.32. The van der Waals surface area contributed by atoms with Crippen molar-refractivity contribution in [2.24, 2.45) is 0 Å². The summed E-state index contributed by atoms with van der Waals surface area (Å²) in [5.74, 6) is -2.35. The maximum Gasteiger partial charge on any atom is 0.275 e. The summed E-state index contributed by atoms with van der Waals surface area (Å²) in [6.07, 6.45) is -2.26. The molecule has 4 rings (SSSR count). The number of benzene rings is 1. The maximum absolute atomic E-state index is 14.0. The number of ether oxygens (including phenoxy) is 1. The standard InChI is InChI=1S/C21H19F5N4O2S/c22-11-3-1-6-16(32-9-11)19-14(7-27-30(19)8-17(25)26)28-20(31)15-10-33-21(29-15)18-12(23)4-2-5-13(18)24/h2,4-5,7,10-11,16-17H,1,3,6,8-9H2,(H,28,31). The third-order valence-corrected chi connectivity index (χ3v) is 5.98. The second-order valence-electron chi connectivity index (χ2n) is 7.46. The first kappa shape index (κ1) is 23.3. The molecule has 0 radical (unpaired) electrons. The second-order valence-corrected chi connectivity index (χ2v) is 8.31. The molecule has 1 amide bonds. The van der Waals surface area contributed by atoms with Crippen LogP contribution in [0.1, 0.15) is 41.5 Å². The van der Waals surface area contributed by atoms with E-state index in [1.165, 1.54) is 17.6 Å². The molecule has 0 spiro atoms. The van der Waals surface area contributed by atoms with E-state index in [4.69, 9.17) is 4.74 Å². The minimum Gasteiger partial charge on any atom is -0.369 e. The molecule has 0 saturated carbocycles. The van der Waals surface area contributed by atoms with Crippen LogP contribution in [0.2, 0.25) is 0 Å². The van der Waals surface area contributed by atoms with Crippen molar-refractivity contribution in [3.05, 3.63) is 52.8 Å². The number of anilines is 1. The number of carbonyl (C=O) groups is 1. The fraction of sp³-hybridized carbons (Fsp3) is 0.381. The summed E-state index contributed by atoms with van der Waals surface area (Å²) in [6, 6.07) is 3.38. The zero-order valence-electron chi connectivity index (χ0n) is 17.1. The van der Waals surface area contributed by atoms with Crippen molar-refractivity contribution in [2.75, 3.05) is 11.9 Å². The summed E-state index contributed by atoms with van der Waals surface area (Å²) in [5.41, 5.74) is -0.140. The van der Waals surface area contributed by atoms with E-state index >= 15 is 0 Å². The molecule has 0 bridgehead atoms. The van der Waals surface area contributed by atoms with Crippen molar-refractivity contribution >= 4 is 22.9 Å². The molecule has 1 aromatic carbocycles. The fourth-order valence-corrected chi connectivity index (χ4v) is 4.46. The number of thiazole rings is 1. The summed E-state index contributed by atoms with van der Waals surface area (Å²) in [6.45, 7) is -0.918. The molecule has 1 saturated heterocycles. The van der Waals surface area contributed by atoms with Crippen LogP contribution in [-0.2, 0) is 11.3 Å². The molecule has 12 heteroatoms. The Morgan fingerprint density at radius 1 is 1.27 bits per heavy atom. The van der Waals surface area contributed by atoms with Gasteiger partial charge in [0.1, 0.15) is 41.2 Å². The lowest BCUT2D eigenvalue weighted by molar-refractivity contribution is 0.0234. The molecule has 1 aliphatic heterocycles. The number of rotatable bonds is 6. The van der Waals surface area contributed by atoms with Gasteiger partial charge in [-0.25, -0.2) is 26.9 Å². The van der Waals surface area contributed by atoms with E-state index in [9.17, 15) is 26.7 Å². The van der Waals surface area contributed by atoms with Gasteiger partial charge in [0, 0.05) is 5.38 Å². The number of halogens is 5. The van der Waals surface area contributed by atoms with Gasteiger partial charge in [0.25, 0.3) is 12.3 Å². The van der Waals surface area contributed by atoms with Crippen molar-refractivity contribution in [3.8, 4) is 10.6 Å². The van der Waals surface area contributed by atoms with E-state index in [-0.39, 0.29) is 40.7 Å². The molecule has 3 heterocycles. The molecular formula is C21H19F5N4O2S. The van der Waals surface area contributed by atoms with Gasteiger partial charge >= 0.3 is 0 Å². The summed E-state index contributed by atoms with van der Waals surface area (Å²) in [7, 11) is 0. The van der Waals surface area contributed by atoms with E-state index in [1.54, 1.807) is 0 Å². The van der Waals surface area contributed by atoms with Gasteiger partial charge in [-0.15, -0.1) is 11.3 Å². The first-order chi connectivity index (χ1) is 15.8. The lowest BCUT2D eigenvalue weighted by Gasteiger charge is -2.19. The molecule has 6 nitrogen and oxygen atoms in total. The van der Waals surface area contributed by atoms with Gasteiger partial charge in [-0.05, 0) is 31.4 Å². The number of hydrogen-bond acceptors (Lipinski definition) is 5. The number of nitrogens with one attached hydrogen (secondary N) is 1. The number of nitrogens with zero attached hydrogens (tertiary/aromatic N) is 3. The van der Waals surface area contributed by atoms with Gasteiger partial charge in [-0.1, -0.05) is 6.07 Å². The van der Waals surface area contributed by atoms with E-state index < -0.39 is 42.8 Å². The van der Waals surface area contributed by atoms with Gasteiger partial charge in [0.05, 0.1) is 29.7 Å². The van der Waals surface area contributed by atoms with Crippen LogP contribution < -0.4 is 5.32 Å². The van der Waals surface area contributed by atoms with Crippen molar-refractivity contribution < 1.29 is 31.5 Å². The van der Waals surface area contributed by atoms with E-state index in [1.807, 2.05) is 0 Å². The van der Waals surface area contributed by atoms with Crippen molar-refractivity contribution in [3.63, 3.8) is 0 Å². The Morgan fingerprint density at radius 2 is 2.03 bits per heavy atom. The summed E-state index contributed by atoms with van der Waals surface area (Å²) < 4.78 is 74.5. The highest BCUT2D eigenvalue weighted by atomic mass is 32.1. The predicted octanol–water partition coefficient (Wildman–Crippen LogP) is 5.38. The number of hydrogen-bond donors (Lipinski definition) is 1. The molecule has 0 aliphatic carbocycles. The zero-order valence-corrected chi connectivity index (χ0v) is 17.9. The summed E-state index contributed by atoms with van der Waals surface area (Å²) in [5, 5.41) is 7.80. The lowest BCUT2D eigenvalue weighted by atomic mass is 10.1. The molecule has 1 fully saturated rings. The average molecular weight is 486 g/mol.